The van der Waals surface area contributed by atoms with Gasteiger partial charge in [0.25, 0.3) is 0 Å². The standard InChI is InChI=1S/C18H14ClFN4O2S/c1-2-16-22-23-18(14-8-15-13(24(14)16)5-6-26-15)27-9-17(25)21-12-4-3-10(19)7-11(12)20/h3-8H,2,9H2,1H3,(H,21,25). The first-order valence-corrected chi connectivity index (χ1v) is 9.55. The third-order valence-electron chi connectivity index (χ3n) is 4.02. The Morgan fingerprint density at radius 2 is 2.15 bits per heavy atom. The summed E-state index contributed by atoms with van der Waals surface area (Å²) in [6, 6.07) is 7.84. The molecule has 138 valence electrons. The normalized spacial score (nSPS) is 11.4. The minimum absolute atomic E-state index is 0.0599. The summed E-state index contributed by atoms with van der Waals surface area (Å²) in [4.78, 5) is 12.2. The molecule has 4 rings (SSSR count). The molecule has 0 aliphatic carbocycles. The first-order chi connectivity index (χ1) is 13.1. The molecule has 1 amide bonds. The Morgan fingerprint density at radius 1 is 1.30 bits per heavy atom. The molecule has 0 aliphatic rings. The Balaban J connectivity index is 1.56. The number of furan rings is 1. The minimum atomic E-state index is -0.581. The number of hydrogen-bond donors (Lipinski definition) is 1. The Morgan fingerprint density at radius 3 is 2.93 bits per heavy atom. The number of nitrogens with zero attached hydrogens (tertiary/aromatic N) is 3. The van der Waals surface area contributed by atoms with Crippen LogP contribution in [0.15, 0.2) is 46.0 Å². The summed E-state index contributed by atoms with van der Waals surface area (Å²) in [7, 11) is 0. The number of hydrogen-bond acceptors (Lipinski definition) is 5. The number of thioether (sulfide) groups is 1. The molecule has 27 heavy (non-hydrogen) atoms. The molecule has 0 bridgehead atoms. The minimum Gasteiger partial charge on any atom is -0.463 e. The molecule has 0 aliphatic heterocycles. The second-order valence-electron chi connectivity index (χ2n) is 5.77. The van der Waals surface area contributed by atoms with Gasteiger partial charge in [-0.15, -0.1) is 10.2 Å². The van der Waals surface area contributed by atoms with E-state index in [4.69, 9.17) is 16.0 Å². The molecule has 4 aromatic rings. The fourth-order valence-corrected chi connectivity index (χ4v) is 3.70. The first kappa shape index (κ1) is 17.8. The van der Waals surface area contributed by atoms with Crippen molar-refractivity contribution in [2.24, 2.45) is 0 Å². The van der Waals surface area contributed by atoms with E-state index in [1.165, 1.54) is 23.9 Å². The van der Waals surface area contributed by atoms with Gasteiger partial charge in [0.2, 0.25) is 5.91 Å². The van der Waals surface area contributed by atoms with Gasteiger partial charge in [0.1, 0.15) is 16.7 Å². The number of nitrogens with one attached hydrogen (secondary N) is 1. The van der Waals surface area contributed by atoms with E-state index in [2.05, 4.69) is 15.5 Å². The average Bonchev–Trinajstić information content (AvgIpc) is 3.23. The van der Waals surface area contributed by atoms with Crippen molar-refractivity contribution in [1.29, 1.82) is 0 Å². The second kappa shape index (κ2) is 7.21. The van der Waals surface area contributed by atoms with E-state index < -0.39 is 5.82 Å². The zero-order valence-electron chi connectivity index (χ0n) is 14.2. The van der Waals surface area contributed by atoms with Gasteiger partial charge in [-0.05, 0) is 18.2 Å². The van der Waals surface area contributed by atoms with Crippen LogP contribution in [0.4, 0.5) is 10.1 Å². The number of anilines is 1. The molecular weight excluding hydrogens is 391 g/mol. The van der Waals surface area contributed by atoms with Crippen LogP contribution in [0.2, 0.25) is 5.02 Å². The molecule has 6 nitrogen and oxygen atoms in total. The van der Waals surface area contributed by atoms with E-state index in [1.807, 2.05) is 23.5 Å². The monoisotopic (exact) mass is 404 g/mol. The summed E-state index contributed by atoms with van der Waals surface area (Å²) in [5.41, 5.74) is 2.55. The van der Waals surface area contributed by atoms with Crippen LogP contribution in [0, 0.1) is 5.82 Å². The number of carbonyl (C=O) groups is 1. The first-order valence-electron chi connectivity index (χ1n) is 8.18. The van der Waals surface area contributed by atoms with Crippen LogP contribution >= 0.6 is 23.4 Å². The highest BCUT2D eigenvalue weighted by atomic mass is 35.5. The van der Waals surface area contributed by atoms with Gasteiger partial charge in [0, 0.05) is 23.6 Å². The third kappa shape index (κ3) is 3.38. The zero-order chi connectivity index (χ0) is 19.0. The van der Waals surface area contributed by atoms with Crippen molar-refractivity contribution in [3.63, 3.8) is 0 Å². The van der Waals surface area contributed by atoms with Crippen molar-refractivity contribution >= 4 is 51.6 Å². The molecular formula is C18H14ClFN4O2S. The van der Waals surface area contributed by atoms with E-state index in [1.54, 1.807) is 6.26 Å². The van der Waals surface area contributed by atoms with Crippen LogP contribution in [-0.4, -0.2) is 26.3 Å². The van der Waals surface area contributed by atoms with Crippen LogP contribution in [0.1, 0.15) is 12.7 Å². The summed E-state index contributed by atoms with van der Waals surface area (Å²) < 4.78 is 21.3. The number of fused-ring (bicyclic) bond motifs is 3. The second-order valence-corrected chi connectivity index (χ2v) is 7.17. The summed E-state index contributed by atoms with van der Waals surface area (Å²) in [5.74, 6) is -0.0681. The number of amides is 1. The van der Waals surface area contributed by atoms with Gasteiger partial charge in [0.15, 0.2) is 5.58 Å². The maximum atomic E-state index is 13.8. The van der Waals surface area contributed by atoms with Gasteiger partial charge in [-0.25, -0.2) is 4.39 Å². The predicted molar refractivity (Wildman–Crippen MR) is 103 cm³/mol. The fraction of sp³-hybridized carbons (Fsp3) is 0.167. The lowest BCUT2D eigenvalue weighted by molar-refractivity contribution is -0.113. The molecule has 9 heteroatoms. The largest absolute Gasteiger partial charge is 0.463 e. The number of aryl methyl sites for hydroxylation is 1. The number of rotatable bonds is 5. The molecule has 1 N–H and O–H groups in total. The molecule has 1 aromatic carbocycles. The number of carbonyl (C=O) groups excluding carboxylic acids is 1. The Kier molecular flexibility index (Phi) is 4.75. The van der Waals surface area contributed by atoms with Gasteiger partial charge in [-0.2, -0.15) is 0 Å². The van der Waals surface area contributed by atoms with Gasteiger partial charge in [0.05, 0.1) is 28.7 Å². The predicted octanol–water partition coefficient (Wildman–Crippen LogP) is 4.56. The molecule has 3 aromatic heterocycles. The zero-order valence-corrected chi connectivity index (χ0v) is 15.8. The van der Waals surface area contributed by atoms with E-state index in [9.17, 15) is 9.18 Å². The molecule has 0 radical (unpaired) electrons. The van der Waals surface area contributed by atoms with Gasteiger partial charge in [-0.3, -0.25) is 9.20 Å². The molecule has 0 fully saturated rings. The van der Waals surface area contributed by atoms with E-state index in [-0.39, 0.29) is 22.4 Å². The Hall–Kier alpha value is -2.58. The van der Waals surface area contributed by atoms with Crippen LogP contribution in [0.25, 0.3) is 16.6 Å². The van der Waals surface area contributed by atoms with E-state index in [0.717, 1.165) is 28.5 Å². The van der Waals surface area contributed by atoms with Crippen molar-refractivity contribution < 1.29 is 13.6 Å². The summed E-state index contributed by atoms with van der Waals surface area (Å²) in [6.07, 6.45) is 2.33. The van der Waals surface area contributed by atoms with Crippen LogP contribution < -0.4 is 5.32 Å². The van der Waals surface area contributed by atoms with Crippen molar-refractivity contribution in [1.82, 2.24) is 14.6 Å². The van der Waals surface area contributed by atoms with Gasteiger partial charge >= 0.3 is 0 Å². The van der Waals surface area contributed by atoms with Crippen LogP contribution in [0.3, 0.4) is 0 Å². The number of halogens is 2. The molecule has 0 saturated carbocycles. The summed E-state index contributed by atoms with van der Waals surface area (Å²) in [6.45, 7) is 2.00. The Bertz CT molecular complexity index is 1160. The van der Waals surface area contributed by atoms with Gasteiger partial charge < -0.3 is 9.73 Å². The highest BCUT2D eigenvalue weighted by Crippen LogP contribution is 2.29. The number of aromatic nitrogens is 3. The van der Waals surface area contributed by atoms with Crippen molar-refractivity contribution in [3.8, 4) is 0 Å². The van der Waals surface area contributed by atoms with Crippen LogP contribution in [-0.2, 0) is 11.2 Å². The topological polar surface area (TPSA) is 72.4 Å². The van der Waals surface area contributed by atoms with Crippen molar-refractivity contribution in [2.45, 2.75) is 18.4 Å². The van der Waals surface area contributed by atoms with Crippen molar-refractivity contribution in [3.05, 3.63) is 53.3 Å². The average molecular weight is 405 g/mol. The van der Waals surface area contributed by atoms with E-state index >= 15 is 0 Å². The molecule has 0 atom stereocenters. The molecule has 3 heterocycles. The maximum absolute atomic E-state index is 13.8. The highest BCUT2D eigenvalue weighted by molar-refractivity contribution is 8.00. The lowest BCUT2D eigenvalue weighted by atomic mass is 10.3. The summed E-state index contributed by atoms with van der Waals surface area (Å²) >= 11 is 6.94. The molecule has 0 saturated heterocycles. The Labute approximate surface area is 162 Å². The molecule has 0 unspecified atom stereocenters. The SMILES string of the molecule is CCc1nnc(SCC(=O)Nc2ccc(Cl)cc2F)c2cc3occc3n12. The lowest BCUT2D eigenvalue weighted by Gasteiger charge is -2.08. The van der Waals surface area contributed by atoms with Gasteiger partial charge in [-0.1, -0.05) is 30.3 Å². The highest BCUT2D eigenvalue weighted by Gasteiger charge is 2.16. The smallest absolute Gasteiger partial charge is 0.234 e. The fourth-order valence-electron chi connectivity index (χ4n) is 2.80. The molecule has 0 spiro atoms. The van der Waals surface area contributed by atoms with Crippen LogP contribution in [0.5, 0.6) is 0 Å². The van der Waals surface area contributed by atoms with E-state index in [0.29, 0.717) is 11.4 Å². The quantitative estimate of drug-likeness (QED) is 0.493. The third-order valence-corrected chi connectivity index (χ3v) is 5.22. The van der Waals surface area contributed by atoms with Crippen molar-refractivity contribution in [2.75, 3.05) is 11.1 Å². The lowest BCUT2D eigenvalue weighted by Crippen LogP contribution is -2.15. The number of benzene rings is 1. The summed E-state index contributed by atoms with van der Waals surface area (Å²) in [5, 5.41) is 11.9. The maximum Gasteiger partial charge on any atom is 0.234 e.